The predicted octanol–water partition coefficient (Wildman–Crippen LogP) is 2.42. The highest BCUT2D eigenvalue weighted by Crippen LogP contribution is 2.19. The minimum Gasteiger partial charge on any atom is -0.376 e. The molecule has 2 N–H and O–H groups in total. The van der Waals surface area contributed by atoms with Gasteiger partial charge >= 0.3 is 0 Å². The van der Waals surface area contributed by atoms with Crippen LogP contribution in [0.5, 0.6) is 0 Å². The SMILES string of the molecule is CS(=O)(=O)c1ccc(F)c(NC(=O)CNc2ccc(F)cc2)c1. The zero-order chi connectivity index (χ0) is 17.0. The zero-order valence-corrected chi connectivity index (χ0v) is 13.0. The first kappa shape index (κ1) is 16.9. The number of carbonyl (C=O) groups excluding carboxylic acids is 1. The molecule has 2 rings (SSSR count). The molecule has 0 aliphatic rings. The third-order valence-electron chi connectivity index (χ3n) is 2.94. The second-order valence-corrected chi connectivity index (χ2v) is 6.84. The molecule has 2 aromatic carbocycles. The normalized spacial score (nSPS) is 11.1. The van der Waals surface area contributed by atoms with Gasteiger partial charge in [0.25, 0.3) is 0 Å². The molecule has 5 nitrogen and oxygen atoms in total. The molecule has 0 atom stereocenters. The summed E-state index contributed by atoms with van der Waals surface area (Å²) in [6.45, 7) is -0.186. The number of amides is 1. The van der Waals surface area contributed by atoms with Gasteiger partial charge in [-0.3, -0.25) is 4.79 Å². The number of benzene rings is 2. The quantitative estimate of drug-likeness (QED) is 0.820. The lowest BCUT2D eigenvalue weighted by Crippen LogP contribution is -2.22. The van der Waals surface area contributed by atoms with Crippen LogP contribution in [0.1, 0.15) is 0 Å². The highest BCUT2D eigenvalue weighted by Gasteiger charge is 2.13. The molecule has 0 radical (unpaired) electrons. The number of carbonyl (C=O) groups is 1. The van der Waals surface area contributed by atoms with Crippen molar-refractivity contribution in [1.29, 1.82) is 0 Å². The average molecular weight is 340 g/mol. The minimum absolute atomic E-state index is 0.0966. The number of rotatable bonds is 5. The van der Waals surface area contributed by atoms with Crippen LogP contribution in [0.2, 0.25) is 0 Å². The molecule has 1 amide bonds. The van der Waals surface area contributed by atoms with E-state index >= 15 is 0 Å². The minimum atomic E-state index is -3.51. The Morgan fingerprint density at radius 1 is 1.09 bits per heavy atom. The largest absolute Gasteiger partial charge is 0.376 e. The molecule has 0 spiro atoms. The van der Waals surface area contributed by atoms with Gasteiger partial charge in [-0.2, -0.15) is 0 Å². The third kappa shape index (κ3) is 4.75. The van der Waals surface area contributed by atoms with E-state index in [0.717, 1.165) is 24.5 Å². The van der Waals surface area contributed by atoms with Crippen molar-refractivity contribution in [2.75, 3.05) is 23.4 Å². The van der Waals surface area contributed by atoms with Crippen molar-refractivity contribution in [3.8, 4) is 0 Å². The maximum atomic E-state index is 13.7. The predicted molar refractivity (Wildman–Crippen MR) is 83.0 cm³/mol. The van der Waals surface area contributed by atoms with Crippen molar-refractivity contribution >= 4 is 27.1 Å². The van der Waals surface area contributed by atoms with Gasteiger partial charge in [0.15, 0.2) is 9.84 Å². The van der Waals surface area contributed by atoms with Gasteiger partial charge in [-0.05, 0) is 42.5 Å². The first-order valence-corrected chi connectivity index (χ1v) is 8.44. The van der Waals surface area contributed by atoms with E-state index in [4.69, 9.17) is 0 Å². The van der Waals surface area contributed by atoms with Gasteiger partial charge in [0, 0.05) is 11.9 Å². The second-order valence-electron chi connectivity index (χ2n) is 4.82. The molecular weight excluding hydrogens is 326 g/mol. The van der Waals surface area contributed by atoms with Gasteiger partial charge in [-0.1, -0.05) is 0 Å². The van der Waals surface area contributed by atoms with Crippen molar-refractivity contribution < 1.29 is 22.0 Å². The van der Waals surface area contributed by atoms with Crippen molar-refractivity contribution in [2.45, 2.75) is 4.90 Å². The number of halogens is 2. The van der Waals surface area contributed by atoms with E-state index in [9.17, 15) is 22.0 Å². The van der Waals surface area contributed by atoms with Crippen molar-refractivity contribution in [2.24, 2.45) is 0 Å². The molecule has 0 saturated heterocycles. The van der Waals surface area contributed by atoms with Crippen molar-refractivity contribution in [3.05, 3.63) is 54.1 Å². The summed E-state index contributed by atoms with van der Waals surface area (Å²) >= 11 is 0. The molecule has 0 aliphatic carbocycles. The molecule has 8 heteroatoms. The van der Waals surface area contributed by atoms with Gasteiger partial charge in [0.1, 0.15) is 11.6 Å². The molecule has 0 heterocycles. The van der Waals surface area contributed by atoms with Crippen LogP contribution in [-0.2, 0) is 14.6 Å². The number of hydrogen-bond donors (Lipinski definition) is 2. The number of sulfone groups is 1. The molecule has 0 saturated carbocycles. The summed E-state index contributed by atoms with van der Waals surface area (Å²) in [6, 6.07) is 8.52. The second kappa shape index (κ2) is 6.74. The van der Waals surface area contributed by atoms with E-state index in [0.29, 0.717) is 5.69 Å². The van der Waals surface area contributed by atoms with Gasteiger partial charge in [-0.15, -0.1) is 0 Å². The molecule has 0 unspecified atom stereocenters. The van der Waals surface area contributed by atoms with Gasteiger partial charge in [0.2, 0.25) is 5.91 Å². The summed E-state index contributed by atoms with van der Waals surface area (Å²) in [5.74, 6) is -1.72. The van der Waals surface area contributed by atoms with E-state index in [-0.39, 0.29) is 17.1 Å². The van der Waals surface area contributed by atoms with Crippen LogP contribution in [0.25, 0.3) is 0 Å². The topological polar surface area (TPSA) is 75.3 Å². The van der Waals surface area contributed by atoms with E-state index in [1.54, 1.807) is 0 Å². The van der Waals surface area contributed by atoms with Crippen molar-refractivity contribution in [3.63, 3.8) is 0 Å². The van der Waals surface area contributed by atoms with E-state index in [1.807, 2.05) is 0 Å². The van der Waals surface area contributed by atoms with E-state index < -0.39 is 27.4 Å². The Balaban J connectivity index is 2.04. The van der Waals surface area contributed by atoms with Crippen LogP contribution in [0.4, 0.5) is 20.2 Å². The Bertz CT molecular complexity index is 821. The fraction of sp³-hybridized carbons (Fsp3) is 0.133. The smallest absolute Gasteiger partial charge is 0.243 e. The molecular formula is C15H14F2N2O3S. The fourth-order valence-electron chi connectivity index (χ4n) is 1.78. The number of nitrogens with one attached hydrogen (secondary N) is 2. The Labute approximate surface area is 132 Å². The lowest BCUT2D eigenvalue weighted by atomic mass is 10.3. The highest BCUT2D eigenvalue weighted by molar-refractivity contribution is 7.90. The molecule has 0 bridgehead atoms. The maximum Gasteiger partial charge on any atom is 0.243 e. The van der Waals surface area contributed by atoms with Gasteiger partial charge < -0.3 is 10.6 Å². The summed E-state index contributed by atoms with van der Waals surface area (Å²) in [5.41, 5.74) is 0.297. The van der Waals surface area contributed by atoms with E-state index in [2.05, 4.69) is 10.6 Å². The lowest BCUT2D eigenvalue weighted by Gasteiger charge is -2.09. The molecule has 0 aromatic heterocycles. The van der Waals surface area contributed by atoms with Crippen LogP contribution in [0.3, 0.4) is 0 Å². The van der Waals surface area contributed by atoms with Gasteiger partial charge in [-0.25, -0.2) is 17.2 Å². The van der Waals surface area contributed by atoms with Crippen molar-refractivity contribution in [1.82, 2.24) is 0 Å². The van der Waals surface area contributed by atoms with Crippen LogP contribution in [0, 0.1) is 11.6 Å². The summed E-state index contributed by atoms with van der Waals surface area (Å²) in [6.07, 6.45) is 0.988. The van der Waals surface area contributed by atoms with Gasteiger partial charge in [0.05, 0.1) is 17.1 Å². The maximum absolute atomic E-state index is 13.7. The van der Waals surface area contributed by atoms with Crippen LogP contribution < -0.4 is 10.6 Å². The molecule has 0 aliphatic heterocycles. The van der Waals surface area contributed by atoms with Crippen LogP contribution in [-0.4, -0.2) is 27.1 Å². The third-order valence-corrected chi connectivity index (χ3v) is 4.05. The summed E-state index contributed by atoms with van der Waals surface area (Å²) in [4.78, 5) is 11.7. The standard InChI is InChI=1S/C15H14F2N2O3S/c1-23(21,22)12-6-7-13(17)14(8-12)19-15(20)9-18-11-4-2-10(16)3-5-11/h2-8,18H,9H2,1H3,(H,19,20). The van der Waals surface area contributed by atoms with Crippen LogP contribution in [0.15, 0.2) is 47.4 Å². The summed E-state index contributed by atoms with van der Waals surface area (Å²) in [5, 5.41) is 5.03. The lowest BCUT2D eigenvalue weighted by molar-refractivity contribution is -0.114. The average Bonchev–Trinajstić information content (AvgIpc) is 2.48. The number of anilines is 2. The Morgan fingerprint density at radius 3 is 2.35 bits per heavy atom. The van der Waals surface area contributed by atoms with Crippen LogP contribution >= 0.6 is 0 Å². The molecule has 2 aromatic rings. The first-order chi connectivity index (χ1) is 10.8. The monoisotopic (exact) mass is 340 g/mol. The Kier molecular flexibility index (Phi) is 4.95. The van der Waals surface area contributed by atoms with E-state index in [1.165, 1.54) is 24.3 Å². The highest BCUT2D eigenvalue weighted by atomic mass is 32.2. The number of hydrogen-bond acceptors (Lipinski definition) is 4. The fourth-order valence-corrected chi connectivity index (χ4v) is 2.42. The molecule has 0 fully saturated rings. The zero-order valence-electron chi connectivity index (χ0n) is 12.1. The summed E-state index contributed by atoms with van der Waals surface area (Å²) < 4.78 is 49.3. The summed E-state index contributed by atoms with van der Waals surface area (Å²) in [7, 11) is -3.51. The molecule has 122 valence electrons. The molecule has 23 heavy (non-hydrogen) atoms. The first-order valence-electron chi connectivity index (χ1n) is 6.54. The Hall–Kier alpha value is -2.48. The Morgan fingerprint density at radius 2 is 1.74 bits per heavy atom.